The van der Waals surface area contributed by atoms with E-state index in [-0.39, 0.29) is 5.41 Å². The fourth-order valence-corrected chi connectivity index (χ4v) is 4.49. The van der Waals surface area contributed by atoms with Crippen molar-refractivity contribution in [3.8, 4) is 5.75 Å². The van der Waals surface area contributed by atoms with Gasteiger partial charge < -0.3 is 9.64 Å². The molecule has 0 aromatic heterocycles. The van der Waals surface area contributed by atoms with E-state index in [2.05, 4.69) is 87.3 Å². The highest BCUT2D eigenvalue weighted by molar-refractivity contribution is 6.00. The standard InChI is InChI=1S/C23H22N2O/c1-15-9-10-16-11-12-20-21(17(16)13-15)24-14-23(26-20)22(2,3)18-7-5-6-8-19(18)25(23)4/h5-14H,1-4H3. The number of nitrogens with zero attached hydrogens (tertiary/aromatic N) is 2. The number of para-hydroxylation sites is 1. The van der Waals surface area contributed by atoms with Crippen molar-refractivity contribution in [2.75, 3.05) is 11.9 Å². The van der Waals surface area contributed by atoms with Gasteiger partial charge in [0.1, 0.15) is 11.4 Å². The summed E-state index contributed by atoms with van der Waals surface area (Å²) in [4.78, 5) is 7.15. The number of hydrogen-bond donors (Lipinski definition) is 0. The zero-order valence-corrected chi connectivity index (χ0v) is 15.6. The van der Waals surface area contributed by atoms with Crippen LogP contribution in [0.15, 0.2) is 59.6 Å². The van der Waals surface area contributed by atoms with Crippen LogP contribution < -0.4 is 9.64 Å². The fourth-order valence-electron chi connectivity index (χ4n) is 4.49. The number of aryl methyl sites for hydroxylation is 1. The molecule has 2 heterocycles. The molecule has 0 fully saturated rings. The molecular formula is C23H22N2O. The molecule has 0 radical (unpaired) electrons. The first-order valence-corrected chi connectivity index (χ1v) is 9.05. The van der Waals surface area contributed by atoms with Gasteiger partial charge in [0.2, 0.25) is 5.72 Å². The first kappa shape index (κ1) is 15.4. The van der Waals surface area contributed by atoms with Gasteiger partial charge in [0.25, 0.3) is 0 Å². The highest BCUT2D eigenvalue weighted by atomic mass is 16.5. The molecule has 5 rings (SSSR count). The molecule has 0 bridgehead atoms. The third kappa shape index (κ3) is 1.75. The van der Waals surface area contributed by atoms with Gasteiger partial charge in [-0.05, 0) is 49.9 Å². The van der Waals surface area contributed by atoms with Crippen molar-refractivity contribution in [2.45, 2.75) is 31.9 Å². The number of fused-ring (bicyclic) bond motifs is 4. The highest BCUT2D eigenvalue weighted by Crippen LogP contribution is 2.54. The third-order valence-corrected chi connectivity index (χ3v) is 6.08. The molecule has 3 aromatic rings. The Balaban J connectivity index is 1.72. The monoisotopic (exact) mass is 342 g/mol. The molecule has 1 atom stereocenters. The molecule has 0 saturated carbocycles. The van der Waals surface area contributed by atoms with E-state index in [4.69, 9.17) is 9.73 Å². The van der Waals surface area contributed by atoms with E-state index in [9.17, 15) is 0 Å². The SMILES string of the molecule is Cc1ccc2ccc3c(c2c1)N=CC1(O3)N(C)c2ccccc2C1(C)C. The Morgan fingerprint density at radius 2 is 1.77 bits per heavy atom. The lowest BCUT2D eigenvalue weighted by atomic mass is 9.77. The van der Waals surface area contributed by atoms with Crippen molar-refractivity contribution < 1.29 is 4.74 Å². The Morgan fingerprint density at radius 1 is 1.00 bits per heavy atom. The van der Waals surface area contributed by atoms with Crippen LogP contribution in [0.3, 0.4) is 0 Å². The number of ether oxygens (including phenoxy) is 1. The van der Waals surface area contributed by atoms with Gasteiger partial charge in [0, 0.05) is 18.1 Å². The molecule has 26 heavy (non-hydrogen) atoms. The zero-order chi connectivity index (χ0) is 18.1. The summed E-state index contributed by atoms with van der Waals surface area (Å²) in [5.74, 6) is 0.846. The molecule has 3 heteroatoms. The van der Waals surface area contributed by atoms with Gasteiger partial charge in [0.05, 0.1) is 11.6 Å². The molecule has 1 unspecified atom stereocenters. The number of aliphatic imine (C=N–C) groups is 1. The molecule has 1 spiro atoms. The number of rotatable bonds is 0. The first-order chi connectivity index (χ1) is 12.4. The lowest BCUT2D eigenvalue weighted by molar-refractivity contribution is 0.0826. The summed E-state index contributed by atoms with van der Waals surface area (Å²) < 4.78 is 6.72. The van der Waals surface area contributed by atoms with Gasteiger partial charge in [-0.15, -0.1) is 0 Å². The summed E-state index contributed by atoms with van der Waals surface area (Å²) >= 11 is 0. The van der Waals surface area contributed by atoms with Crippen molar-refractivity contribution in [3.05, 3.63) is 65.7 Å². The first-order valence-electron chi connectivity index (χ1n) is 9.05. The van der Waals surface area contributed by atoms with E-state index in [1.165, 1.54) is 22.2 Å². The van der Waals surface area contributed by atoms with Gasteiger partial charge in [-0.1, -0.05) is 42.0 Å². The maximum atomic E-state index is 6.72. The summed E-state index contributed by atoms with van der Waals surface area (Å²) in [5, 5.41) is 2.33. The Kier molecular flexibility index (Phi) is 2.90. The van der Waals surface area contributed by atoms with Gasteiger partial charge >= 0.3 is 0 Å². The minimum atomic E-state index is -0.624. The number of benzene rings is 3. The molecule has 3 aromatic carbocycles. The Labute approximate surface area is 153 Å². The van der Waals surface area contributed by atoms with Crippen LogP contribution in [-0.4, -0.2) is 19.0 Å². The summed E-state index contributed by atoms with van der Waals surface area (Å²) in [6.45, 7) is 6.58. The van der Waals surface area contributed by atoms with Crippen LogP contribution in [0.4, 0.5) is 11.4 Å². The van der Waals surface area contributed by atoms with Crippen LogP contribution in [-0.2, 0) is 5.41 Å². The predicted octanol–water partition coefficient (Wildman–Crippen LogP) is 5.37. The number of hydrogen-bond acceptors (Lipinski definition) is 3. The number of likely N-dealkylation sites (N-methyl/N-ethyl adjacent to an activating group) is 1. The van der Waals surface area contributed by atoms with E-state index in [0.717, 1.165) is 16.8 Å². The molecule has 3 nitrogen and oxygen atoms in total. The van der Waals surface area contributed by atoms with Crippen LogP contribution in [0.1, 0.15) is 25.0 Å². The normalized spacial score (nSPS) is 22.4. The lowest BCUT2D eigenvalue weighted by Crippen LogP contribution is -2.61. The zero-order valence-electron chi connectivity index (χ0n) is 15.6. The molecular weight excluding hydrogens is 320 g/mol. The van der Waals surface area contributed by atoms with Crippen molar-refractivity contribution in [1.29, 1.82) is 0 Å². The Hall–Kier alpha value is -2.81. The highest BCUT2D eigenvalue weighted by Gasteiger charge is 2.58. The second-order valence-corrected chi connectivity index (χ2v) is 7.89. The third-order valence-electron chi connectivity index (χ3n) is 6.08. The van der Waals surface area contributed by atoms with Gasteiger partial charge in [-0.25, -0.2) is 0 Å². The topological polar surface area (TPSA) is 24.8 Å². The van der Waals surface area contributed by atoms with Gasteiger partial charge in [-0.2, -0.15) is 0 Å². The van der Waals surface area contributed by atoms with Crippen molar-refractivity contribution in [1.82, 2.24) is 0 Å². The number of anilines is 1. The van der Waals surface area contributed by atoms with E-state index in [1.807, 2.05) is 6.21 Å². The molecule has 130 valence electrons. The summed E-state index contributed by atoms with van der Waals surface area (Å²) in [7, 11) is 2.09. The maximum Gasteiger partial charge on any atom is 0.228 e. The second kappa shape index (κ2) is 4.88. The molecule has 2 aliphatic rings. The van der Waals surface area contributed by atoms with Crippen LogP contribution in [0.2, 0.25) is 0 Å². The average molecular weight is 342 g/mol. The lowest BCUT2D eigenvalue weighted by Gasteiger charge is -2.45. The van der Waals surface area contributed by atoms with Crippen LogP contribution in [0.25, 0.3) is 10.8 Å². The van der Waals surface area contributed by atoms with E-state index >= 15 is 0 Å². The second-order valence-electron chi connectivity index (χ2n) is 7.89. The van der Waals surface area contributed by atoms with Gasteiger partial charge in [-0.3, -0.25) is 4.99 Å². The quantitative estimate of drug-likeness (QED) is 0.549. The summed E-state index contributed by atoms with van der Waals surface area (Å²) in [6, 6.07) is 19.2. The minimum Gasteiger partial charge on any atom is -0.459 e. The summed E-state index contributed by atoms with van der Waals surface area (Å²) in [5.41, 5.74) is 3.80. The van der Waals surface area contributed by atoms with E-state index in [1.54, 1.807) is 0 Å². The maximum absolute atomic E-state index is 6.72. The van der Waals surface area contributed by atoms with E-state index < -0.39 is 5.72 Å². The Bertz CT molecular complexity index is 1080. The summed E-state index contributed by atoms with van der Waals surface area (Å²) in [6.07, 6.45) is 2.00. The van der Waals surface area contributed by atoms with Gasteiger partial charge in [0.15, 0.2) is 0 Å². The van der Waals surface area contributed by atoms with Crippen molar-refractivity contribution in [2.24, 2.45) is 4.99 Å². The van der Waals surface area contributed by atoms with Crippen LogP contribution in [0.5, 0.6) is 5.75 Å². The average Bonchev–Trinajstić information content (AvgIpc) is 2.80. The minimum absolute atomic E-state index is 0.221. The largest absolute Gasteiger partial charge is 0.459 e. The van der Waals surface area contributed by atoms with Crippen molar-refractivity contribution >= 4 is 28.4 Å². The van der Waals surface area contributed by atoms with Crippen LogP contribution in [0, 0.1) is 6.92 Å². The molecule has 0 amide bonds. The Morgan fingerprint density at radius 3 is 2.58 bits per heavy atom. The van der Waals surface area contributed by atoms with Crippen LogP contribution >= 0.6 is 0 Å². The molecule has 0 saturated heterocycles. The predicted molar refractivity (Wildman–Crippen MR) is 108 cm³/mol. The molecule has 0 aliphatic carbocycles. The fraction of sp³-hybridized carbons (Fsp3) is 0.261. The van der Waals surface area contributed by atoms with E-state index in [0.29, 0.717) is 0 Å². The smallest absolute Gasteiger partial charge is 0.228 e. The van der Waals surface area contributed by atoms with Crippen molar-refractivity contribution in [3.63, 3.8) is 0 Å². The molecule has 2 aliphatic heterocycles. The molecule has 0 N–H and O–H groups in total.